The number of benzene rings is 1. The summed E-state index contributed by atoms with van der Waals surface area (Å²) in [5.41, 5.74) is 1.13. The van der Waals surface area contributed by atoms with Crippen LogP contribution in [-0.4, -0.2) is 23.8 Å². The Morgan fingerprint density at radius 2 is 1.80 bits per heavy atom. The zero-order valence-corrected chi connectivity index (χ0v) is 11.7. The average Bonchev–Trinajstić information content (AvgIpc) is 2.91. The number of piperidine rings is 1. The van der Waals surface area contributed by atoms with Gasteiger partial charge in [0.2, 0.25) is 0 Å². The lowest BCUT2D eigenvalue weighted by atomic mass is 10.0. The second-order valence-electron chi connectivity index (χ2n) is 6.09. The van der Waals surface area contributed by atoms with Crippen LogP contribution in [0.15, 0.2) is 24.3 Å². The quantitative estimate of drug-likeness (QED) is 0.625. The topological polar surface area (TPSA) is 63.5 Å². The molecular weight excluding hydrogens is 256 g/mol. The summed E-state index contributed by atoms with van der Waals surface area (Å²) in [5.74, 6) is 1.74. The van der Waals surface area contributed by atoms with E-state index in [0.29, 0.717) is 17.6 Å². The van der Waals surface area contributed by atoms with Gasteiger partial charge in [0.15, 0.2) is 0 Å². The fourth-order valence-electron chi connectivity index (χ4n) is 3.33. The summed E-state index contributed by atoms with van der Waals surface area (Å²) in [5, 5.41) is 10.6. The highest BCUT2D eigenvalue weighted by Gasteiger charge is 2.59. The molecule has 0 radical (unpaired) electrons. The summed E-state index contributed by atoms with van der Waals surface area (Å²) in [6.45, 7) is 5.71. The Hall–Kier alpha value is -1.91. The summed E-state index contributed by atoms with van der Waals surface area (Å²) in [6.07, 6.45) is 0. The minimum absolute atomic E-state index is 0.117. The molecule has 0 amide bonds. The van der Waals surface area contributed by atoms with Gasteiger partial charge in [0.1, 0.15) is 5.78 Å². The number of hydrogen-bond donors (Lipinski definition) is 0. The van der Waals surface area contributed by atoms with Crippen molar-refractivity contribution >= 4 is 17.2 Å². The molecule has 3 rings (SSSR count). The Morgan fingerprint density at radius 1 is 1.25 bits per heavy atom. The smallest absolute Gasteiger partial charge is 0.269 e. The van der Waals surface area contributed by atoms with Gasteiger partial charge in [-0.05, 0) is 24.0 Å². The summed E-state index contributed by atoms with van der Waals surface area (Å²) in [7, 11) is 0. The highest BCUT2D eigenvalue weighted by molar-refractivity contribution is 5.86. The van der Waals surface area contributed by atoms with E-state index in [-0.39, 0.29) is 22.4 Å². The van der Waals surface area contributed by atoms with Gasteiger partial charge in [-0.1, -0.05) is 13.8 Å². The van der Waals surface area contributed by atoms with E-state index in [1.54, 1.807) is 12.1 Å². The first-order chi connectivity index (χ1) is 9.49. The highest BCUT2D eigenvalue weighted by Crippen LogP contribution is 2.53. The normalized spacial score (nSPS) is 27.6. The van der Waals surface area contributed by atoms with E-state index in [4.69, 9.17) is 0 Å². The van der Waals surface area contributed by atoms with E-state index >= 15 is 0 Å². The molecule has 1 aromatic rings. The second-order valence-corrected chi connectivity index (χ2v) is 6.09. The third-order valence-corrected chi connectivity index (χ3v) is 4.52. The van der Waals surface area contributed by atoms with Gasteiger partial charge in [-0.2, -0.15) is 0 Å². The number of non-ortho nitro benzene ring substituents is 1. The molecule has 1 saturated carbocycles. The minimum atomic E-state index is -0.386. The number of Topliss-reactive ketones (excluding diaryl/α,β-unsaturated/α-hetero) is 1. The monoisotopic (exact) mass is 274 g/mol. The largest absolute Gasteiger partial charge is 0.371 e. The molecule has 5 heteroatoms. The van der Waals surface area contributed by atoms with Crippen LogP contribution in [0.25, 0.3) is 0 Å². The molecule has 106 valence electrons. The molecule has 0 aromatic heterocycles. The summed E-state index contributed by atoms with van der Waals surface area (Å²) in [4.78, 5) is 24.5. The van der Waals surface area contributed by atoms with Crippen LogP contribution in [0.1, 0.15) is 13.8 Å². The van der Waals surface area contributed by atoms with Gasteiger partial charge in [-0.15, -0.1) is 0 Å². The maximum absolute atomic E-state index is 12.0. The van der Waals surface area contributed by atoms with Crippen molar-refractivity contribution in [3.63, 3.8) is 0 Å². The Kier molecular flexibility index (Phi) is 3.00. The fourth-order valence-corrected chi connectivity index (χ4v) is 3.33. The SMILES string of the molecule is CC(C)C(=O)C1[C@H]2CN(c3ccc([N+](=O)[O-])cc3)C[C@@H]12. The maximum atomic E-state index is 12.0. The van der Waals surface area contributed by atoms with Crippen molar-refractivity contribution < 1.29 is 9.72 Å². The van der Waals surface area contributed by atoms with Gasteiger partial charge in [0, 0.05) is 42.7 Å². The van der Waals surface area contributed by atoms with Gasteiger partial charge in [-0.25, -0.2) is 0 Å². The third kappa shape index (κ3) is 2.07. The van der Waals surface area contributed by atoms with Crippen LogP contribution < -0.4 is 4.90 Å². The molecule has 3 atom stereocenters. The minimum Gasteiger partial charge on any atom is -0.371 e. The lowest BCUT2D eigenvalue weighted by molar-refractivity contribution is -0.384. The number of fused-ring (bicyclic) bond motifs is 1. The summed E-state index contributed by atoms with van der Waals surface area (Å²) >= 11 is 0. The van der Waals surface area contributed by atoms with Gasteiger partial charge < -0.3 is 4.90 Å². The molecule has 1 aromatic carbocycles. The molecule has 5 nitrogen and oxygen atoms in total. The Bertz CT molecular complexity index is 541. The third-order valence-electron chi connectivity index (χ3n) is 4.52. The first-order valence-corrected chi connectivity index (χ1v) is 7.02. The molecule has 0 N–H and O–H groups in total. The first-order valence-electron chi connectivity index (χ1n) is 7.02. The van der Waals surface area contributed by atoms with E-state index in [9.17, 15) is 14.9 Å². The van der Waals surface area contributed by atoms with E-state index in [1.165, 1.54) is 12.1 Å². The van der Waals surface area contributed by atoms with Gasteiger partial charge in [0.25, 0.3) is 5.69 Å². The van der Waals surface area contributed by atoms with Crippen molar-refractivity contribution in [2.75, 3.05) is 18.0 Å². The molecular formula is C15H18N2O3. The van der Waals surface area contributed by atoms with E-state index in [0.717, 1.165) is 18.8 Å². The zero-order valence-electron chi connectivity index (χ0n) is 11.7. The predicted molar refractivity (Wildman–Crippen MR) is 75.6 cm³/mol. The van der Waals surface area contributed by atoms with Gasteiger partial charge >= 0.3 is 0 Å². The van der Waals surface area contributed by atoms with Crippen molar-refractivity contribution in [3.05, 3.63) is 34.4 Å². The van der Waals surface area contributed by atoms with Crippen LogP contribution in [-0.2, 0) is 4.79 Å². The highest BCUT2D eigenvalue weighted by atomic mass is 16.6. The number of carbonyl (C=O) groups is 1. The summed E-state index contributed by atoms with van der Waals surface area (Å²) in [6, 6.07) is 6.66. The number of hydrogen-bond acceptors (Lipinski definition) is 4. The molecule has 2 aliphatic rings. The van der Waals surface area contributed by atoms with Gasteiger partial charge in [0.05, 0.1) is 4.92 Å². The standard InChI is InChI=1S/C15H18N2O3/c1-9(2)15(18)14-12-7-16(8-13(12)14)10-3-5-11(6-4-10)17(19)20/h3-6,9,12-14H,7-8H2,1-2H3/t12-,13+,14?. The van der Waals surface area contributed by atoms with E-state index < -0.39 is 0 Å². The fraction of sp³-hybridized carbons (Fsp3) is 0.533. The van der Waals surface area contributed by atoms with Crippen molar-refractivity contribution in [1.82, 2.24) is 0 Å². The lowest BCUT2D eigenvalue weighted by Gasteiger charge is -2.22. The van der Waals surface area contributed by atoms with Gasteiger partial charge in [-0.3, -0.25) is 14.9 Å². The number of nitro groups is 1. The van der Waals surface area contributed by atoms with Crippen molar-refractivity contribution in [3.8, 4) is 0 Å². The Morgan fingerprint density at radius 3 is 2.25 bits per heavy atom. The number of carbonyl (C=O) groups excluding carboxylic acids is 1. The van der Waals surface area contributed by atoms with Crippen LogP contribution in [0.3, 0.4) is 0 Å². The van der Waals surface area contributed by atoms with Crippen LogP contribution in [0.5, 0.6) is 0 Å². The van der Waals surface area contributed by atoms with Crippen molar-refractivity contribution in [1.29, 1.82) is 0 Å². The molecule has 1 saturated heterocycles. The molecule has 0 bridgehead atoms. The van der Waals surface area contributed by atoms with Crippen LogP contribution in [0.4, 0.5) is 11.4 Å². The van der Waals surface area contributed by atoms with E-state index in [2.05, 4.69) is 4.90 Å². The number of rotatable bonds is 4. The average molecular weight is 274 g/mol. The second kappa shape index (κ2) is 4.58. The summed E-state index contributed by atoms with van der Waals surface area (Å²) < 4.78 is 0. The first kappa shape index (κ1) is 13.1. The Balaban J connectivity index is 1.64. The molecule has 0 spiro atoms. The van der Waals surface area contributed by atoms with Crippen molar-refractivity contribution in [2.45, 2.75) is 13.8 Å². The van der Waals surface area contributed by atoms with Crippen LogP contribution in [0.2, 0.25) is 0 Å². The van der Waals surface area contributed by atoms with Crippen molar-refractivity contribution in [2.24, 2.45) is 23.7 Å². The van der Waals surface area contributed by atoms with Crippen LogP contribution in [0, 0.1) is 33.8 Å². The Labute approximate surface area is 117 Å². The number of anilines is 1. The number of nitrogens with zero attached hydrogens (tertiary/aromatic N) is 2. The number of nitro benzene ring substituents is 1. The molecule has 1 unspecified atom stereocenters. The molecule has 1 heterocycles. The number of ketones is 1. The molecule has 1 aliphatic heterocycles. The van der Waals surface area contributed by atoms with E-state index in [1.807, 2.05) is 13.8 Å². The maximum Gasteiger partial charge on any atom is 0.269 e. The molecule has 1 aliphatic carbocycles. The lowest BCUT2D eigenvalue weighted by Crippen LogP contribution is -2.27. The van der Waals surface area contributed by atoms with Crippen LogP contribution >= 0.6 is 0 Å². The molecule has 20 heavy (non-hydrogen) atoms. The molecule has 2 fully saturated rings. The zero-order chi connectivity index (χ0) is 14.4. The predicted octanol–water partition coefficient (Wildman–Crippen LogP) is 2.50.